The number of esters is 1. The number of oxazole rings is 1. The van der Waals surface area contributed by atoms with Gasteiger partial charge in [0.05, 0.1) is 7.11 Å². The Labute approximate surface area is 143 Å². The standard InChI is InChI=1S/C17H19F3N2O3/c1-24-16(23)9-5-4-8-15-22-14(10-25-15)12-6-2-3-7-13(12)21-11-17(18,19)20/h2-3,6-7,10,21H,4-5,8-9,11H2,1H3. The number of para-hydroxylation sites is 1. The molecule has 0 spiro atoms. The number of anilines is 1. The fourth-order valence-corrected chi connectivity index (χ4v) is 2.25. The normalized spacial score (nSPS) is 11.4. The fourth-order valence-electron chi connectivity index (χ4n) is 2.25. The third-order valence-corrected chi connectivity index (χ3v) is 3.48. The van der Waals surface area contributed by atoms with E-state index in [0.29, 0.717) is 48.5 Å². The number of benzene rings is 1. The molecule has 0 unspecified atom stereocenters. The number of hydrogen-bond donors (Lipinski definition) is 1. The summed E-state index contributed by atoms with van der Waals surface area (Å²) < 4.78 is 47.2. The van der Waals surface area contributed by atoms with Crippen LogP contribution in [0, 0.1) is 0 Å². The number of methoxy groups -OCH3 is 1. The molecule has 0 radical (unpaired) electrons. The maximum Gasteiger partial charge on any atom is 0.405 e. The molecule has 25 heavy (non-hydrogen) atoms. The van der Waals surface area contributed by atoms with Crippen molar-refractivity contribution in [2.45, 2.75) is 31.9 Å². The predicted molar refractivity (Wildman–Crippen MR) is 86.1 cm³/mol. The van der Waals surface area contributed by atoms with Crippen LogP contribution < -0.4 is 5.32 Å². The van der Waals surface area contributed by atoms with Gasteiger partial charge in [-0.1, -0.05) is 18.2 Å². The van der Waals surface area contributed by atoms with E-state index in [9.17, 15) is 18.0 Å². The predicted octanol–water partition coefficient (Wildman–Crippen LogP) is 4.20. The van der Waals surface area contributed by atoms with E-state index >= 15 is 0 Å². The van der Waals surface area contributed by atoms with Crippen molar-refractivity contribution in [1.29, 1.82) is 0 Å². The Morgan fingerprint density at radius 3 is 2.76 bits per heavy atom. The molecule has 0 amide bonds. The zero-order valence-electron chi connectivity index (χ0n) is 13.7. The summed E-state index contributed by atoms with van der Waals surface area (Å²) in [4.78, 5) is 15.4. The molecule has 1 aromatic carbocycles. The average molecular weight is 356 g/mol. The first-order valence-electron chi connectivity index (χ1n) is 7.80. The van der Waals surface area contributed by atoms with Crippen LogP contribution in [0.4, 0.5) is 18.9 Å². The van der Waals surface area contributed by atoms with E-state index in [2.05, 4.69) is 15.0 Å². The van der Waals surface area contributed by atoms with E-state index in [1.807, 2.05) is 0 Å². The number of aryl methyl sites for hydroxylation is 1. The average Bonchev–Trinajstić information content (AvgIpc) is 3.05. The number of ether oxygens (including phenoxy) is 1. The second-order valence-electron chi connectivity index (χ2n) is 5.42. The maximum atomic E-state index is 12.4. The quantitative estimate of drug-likeness (QED) is 0.567. The van der Waals surface area contributed by atoms with Gasteiger partial charge < -0.3 is 14.5 Å². The summed E-state index contributed by atoms with van der Waals surface area (Å²) in [6, 6.07) is 6.61. The zero-order valence-corrected chi connectivity index (χ0v) is 13.7. The zero-order chi connectivity index (χ0) is 18.3. The number of carbonyl (C=O) groups excluding carboxylic acids is 1. The monoisotopic (exact) mass is 356 g/mol. The minimum absolute atomic E-state index is 0.266. The van der Waals surface area contributed by atoms with E-state index in [4.69, 9.17) is 4.42 Å². The highest BCUT2D eigenvalue weighted by Crippen LogP contribution is 2.28. The first-order valence-corrected chi connectivity index (χ1v) is 7.80. The van der Waals surface area contributed by atoms with Crippen molar-refractivity contribution >= 4 is 11.7 Å². The van der Waals surface area contributed by atoms with Crippen molar-refractivity contribution < 1.29 is 27.1 Å². The molecular formula is C17H19F3N2O3. The molecule has 0 aliphatic rings. The molecule has 1 heterocycles. The summed E-state index contributed by atoms with van der Waals surface area (Å²) in [6.07, 6.45) is -0.675. The minimum Gasteiger partial charge on any atom is -0.469 e. The number of carbonyl (C=O) groups is 1. The van der Waals surface area contributed by atoms with Crippen molar-refractivity contribution in [2.24, 2.45) is 0 Å². The highest BCUT2D eigenvalue weighted by molar-refractivity contribution is 5.75. The van der Waals surface area contributed by atoms with E-state index in [-0.39, 0.29) is 5.97 Å². The van der Waals surface area contributed by atoms with Crippen LogP contribution in [0.25, 0.3) is 11.3 Å². The summed E-state index contributed by atoms with van der Waals surface area (Å²) in [5.74, 6) is 0.211. The number of halogens is 3. The number of aromatic nitrogens is 1. The van der Waals surface area contributed by atoms with Gasteiger partial charge >= 0.3 is 12.1 Å². The number of unbranched alkanes of at least 4 members (excludes halogenated alkanes) is 1. The van der Waals surface area contributed by atoms with Crippen LogP contribution in [0.3, 0.4) is 0 Å². The van der Waals surface area contributed by atoms with E-state index in [0.717, 1.165) is 0 Å². The van der Waals surface area contributed by atoms with Gasteiger partial charge in [-0.2, -0.15) is 13.2 Å². The lowest BCUT2D eigenvalue weighted by atomic mass is 10.1. The first kappa shape index (κ1) is 18.8. The highest BCUT2D eigenvalue weighted by atomic mass is 19.4. The molecular weight excluding hydrogens is 337 g/mol. The van der Waals surface area contributed by atoms with Crippen LogP contribution in [-0.4, -0.2) is 30.8 Å². The van der Waals surface area contributed by atoms with Gasteiger partial charge in [-0.3, -0.25) is 4.79 Å². The molecule has 2 rings (SSSR count). The molecule has 1 aromatic heterocycles. The molecule has 2 aromatic rings. The van der Waals surface area contributed by atoms with Crippen molar-refractivity contribution in [3.8, 4) is 11.3 Å². The molecule has 1 N–H and O–H groups in total. The molecule has 0 fully saturated rings. The number of alkyl halides is 3. The van der Waals surface area contributed by atoms with Crippen LogP contribution in [0.5, 0.6) is 0 Å². The molecule has 8 heteroatoms. The van der Waals surface area contributed by atoms with Gasteiger partial charge in [0.25, 0.3) is 0 Å². The Bertz CT molecular complexity index is 698. The largest absolute Gasteiger partial charge is 0.469 e. The lowest BCUT2D eigenvalue weighted by Crippen LogP contribution is -2.21. The highest BCUT2D eigenvalue weighted by Gasteiger charge is 2.27. The Balaban J connectivity index is 1.98. The molecule has 136 valence electrons. The van der Waals surface area contributed by atoms with E-state index < -0.39 is 12.7 Å². The van der Waals surface area contributed by atoms with Crippen LogP contribution >= 0.6 is 0 Å². The molecule has 0 atom stereocenters. The minimum atomic E-state index is -4.30. The molecule has 0 aliphatic heterocycles. The second kappa shape index (κ2) is 8.55. The third kappa shape index (κ3) is 6.13. The fraction of sp³-hybridized carbons (Fsp3) is 0.412. The molecule has 0 bridgehead atoms. The lowest BCUT2D eigenvalue weighted by Gasteiger charge is -2.12. The maximum absolute atomic E-state index is 12.4. The molecule has 0 saturated heterocycles. The van der Waals surface area contributed by atoms with Gasteiger partial charge in [-0.05, 0) is 18.9 Å². The summed E-state index contributed by atoms with van der Waals surface area (Å²) in [6.45, 7) is -1.12. The number of nitrogens with zero attached hydrogens (tertiary/aromatic N) is 1. The Kier molecular flexibility index (Phi) is 6.44. The van der Waals surface area contributed by atoms with Gasteiger partial charge in [-0.15, -0.1) is 0 Å². The van der Waals surface area contributed by atoms with Crippen molar-refractivity contribution in [3.05, 3.63) is 36.4 Å². The van der Waals surface area contributed by atoms with Crippen LogP contribution in [0.15, 0.2) is 34.9 Å². The summed E-state index contributed by atoms with van der Waals surface area (Å²) in [7, 11) is 1.34. The topological polar surface area (TPSA) is 64.4 Å². The van der Waals surface area contributed by atoms with Crippen molar-refractivity contribution in [1.82, 2.24) is 4.98 Å². The summed E-state index contributed by atoms with van der Waals surface area (Å²) >= 11 is 0. The van der Waals surface area contributed by atoms with Crippen molar-refractivity contribution in [2.75, 3.05) is 19.0 Å². The SMILES string of the molecule is COC(=O)CCCCc1nc(-c2ccccc2NCC(F)(F)F)co1. The molecule has 0 aliphatic carbocycles. The number of nitrogens with one attached hydrogen (secondary N) is 1. The lowest BCUT2D eigenvalue weighted by molar-refractivity contribution is -0.140. The Morgan fingerprint density at radius 2 is 2.04 bits per heavy atom. The number of rotatable bonds is 8. The van der Waals surface area contributed by atoms with Crippen LogP contribution in [-0.2, 0) is 16.0 Å². The summed E-state index contributed by atoms with van der Waals surface area (Å²) in [5, 5.41) is 2.37. The number of hydrogen-bond acceptors (Lipinski definition) is 5. The summed E-state index contributed by atoms with van der Waals surface area (Å²) in [5.41, 5.74) is 1.34. The van der Waals surface area contributed by atoms with Crippen LogP contribution in [0.2, 0.25) is 0 Å². The van der Waals surface area contributed by atoms with E-state index in [1.54, 1.807) is 24.3 Å². The van der Waals surface area contributed by atoms with Gasteiger partial charge in [0.1, 0.15) is 18.5 Å². The van der Waals surface area contributed by atoms with Gasteiger partial charge in [-0.25, -0.2) is 4.98 Å². The molecule has 5 nitrogen and oxygen atoms in total. The van der Waals surface area contributed by atoms with Gasteiger partial charge in [0.2, 0.25) is 0 Å². The third-order valence-electron chi connectivity index (χ3n) is 3.48. The van der Waals surface area contributed by atoms with E-state index in [1.165, 1.54) is 13.4 Å². The van der Waals surface area contributed by atoms with Crippen LogP contribution in [0.1, 0.15) is 25.2 Å². The van der Waals surface area contributed by atoms with Gasteiger partial charge in [0.15, 0.2) is 5.89 Å². The first-order chi connectivity index (χ1) is 11.9. The van der Waals surface area contributed by atoms with Crippen molar-refractivity contribution in [3.63, 3.8) is 0 Å². The molecule has 0 saturated carbocycles. The van der Waals surface area contributed by atoms with Gasteiger partial charge in [0, 0.05) is 24.1 Å². The Morgan fingerprint density at radius 1 is 1.28 bits per heavy atom. The smallest absolute Gasteiger partial charge is 0.405 e. The Hall–Kier alpha value is -2.51. The second-order valence-corrected chi connectivity index (χ2v) is 5.42.